The van der Waals surface area contributed by atoms with Crippen LogP contribution in [0.15, 0.2) is 36.4 Å². The van der Waals surface area contributed by atoms with Gasteiger partial charge < -0.3 is 14.8 Å². The summed E-state index contributed by atoms with van der Waals surface area (Å²) in [6, 6.07) is 12.1. The van der Waals surface area contributed by atoms with Gasteiger partial charge in [0.05, 0.1) is 19.1 Å². The molecular formula is C26H35NO3. The second-order valence-corrected chi connectivity index (χ2v) is 8.47. The van der Waals surface area contributed by atoms with Gasteiger partial charge in [-0.15, -0.1) is 0 Å². The van der Waals surface area contributed by atoms with E-state index in [1.54, 1.807) is 7.11 Å². The first-order valence-electron chi connectivity index (χ1n) is 11.2. The molecule has 1 amide bonds. The Labute approximate surface area is 181 Å². The Morgan fingerprint density at radius 1 is 1.03 bits per heavy atom. The number of anilines is 1. The molecule has 0 aromatic heterocycles. The van der Waals surface area contributed by atoms with Gasteiger partial charge in [0, 0.05) is 5.69 Å². The maximum absolute atomic E-state index is 13.6. The van der Waals surface area contributed by atoms with Crippen molar-refractivity contribution in [3.63, 3.8) is 0 Å². The Hall–Kier alpha value is -2.49. The zero-order valence-electron chi connectivity index (χ0n) is 18.8. The number of ether oxygens (including phenoxy) is 2. The molecule has 0 atom stereocenters. The Morgan fingerprint density at radius 3 is 2.23 bits per heavy atom. The highest BCUT2D eigenvalue weighted by atomic mass is 16.5. The third kappa shape index (κ3) is 4.80. The molecule has 1 aliphatic carbocycles. The minimum atomic E-state index is -0.484. The van der Waals surface area contributed by atoms with Crippen LogP contribution >= 0.6 is 0 Å². The van der Waals surface area contributed by atoms with Crippen LogP contribution in [-0.2, 0) is 10.2 Å². The number of methoxy groups -OCH3 is 1. The fraction of sp³-hybridized carbons (Fsp3) is 0.500. The number of unbranched alkanes of at least 4 members (excludes halogenated alkanes) is 1. The molecule has 1 aliphatic rings. The molecule has 0 unspecified atom stereocenters. The molecule has 2 aromatic rings. The third-order valence-corrected chi connectivity index (χ3v) is 6.25. The number of nitrogens with one attached hydrogen (secondary N) is 1. The van der Waals surface area contributed by atoms with Gasteiger partial charge in [-0.05, 0) is 74.1 Å². The van der Waals surface area contributed by atoms with E-state index in [1.807, 2.05) is 50.2 Å². The number of aryl methyl sites for hydroxylation is 2. The third-order valence-electron chi connectivity index (χ3n) is 6.25. The molecule has 3 rings (SSSR count). The first-order chi connectivity index (χ1) is 14.5. The second-order valence-electron chi connectivity index (χ2n) is 8.47. The molecule has 4 heteroatoms. The van der Waals surface area contributed by atoms with Gasteiger partial charge in [0.1, 0.15) is 11.5 Å². The van der Waals surface area contributed by atoms with Crippen molar-refractivity contribution in [2.75, 3.05) is 19.0 Å². The van der Waals surface area contributed by atoms with Crippen molar-refractivity contribution >= 4 is 11.6 Å². The zero-order valence-corrected chi connectivity index (χ0v) is 18.8. The predicted octanol–water partition coefficient (Wildman–Crippen LogP) is 6.33. The van der Waals surface area contributed by atoms with Gasteiger partial charge in [-0.1, -0.05) is 44.7 Å². The average Bonchev–Trinajstić information content (AvgIpc) is 2.76. The Kier molecular flexibility index (Phi) is 7.41. The van der Waals surface area contributed by atoms with Gasteiger partial charge >= 0.3 is 0 Å². The SMILES string of the molecule is CCCCOc1c(C)cc(NC(=O)C2(c3ccc(OC)cc3)CCCCC2)cc1C. The van der Waals surface area contributed by atoms with Crippen LogP contribution in [0.1, 0.15) is 68.6 Å². The van der Waals surface area contributed by atoms with Crippen molar-refractivity contribution in [2.24, 2.45) is 0 Å². The van der Waals surface area contributed by atoms with E-state index < -0.39 is 5.41 Å². The van der Waals surface area contributed by atoms with Crippen LogP contribution in [0.4, 0.5) is 5.69 Å². The normalized spacial score (nSPS) is 15.5. The van der Waals surface area contributed by atoms with E-state index in [2.05, 4.69) is 12.2 Å². The van der Waals surface area contributed by atoms with Crippen LogP contribution in [0.25, 0.3) is 0 Å². The summed E-state index contributed by atoms with van der Waals surface area (Å²) in [5.41, 5.74) is 3.56. The summed E-state index contributed by atoms with van der Waals surface area (Å²) < 4.78 is 11.3. The minimum Gasteiger partial charge on any atom is -0.497 e. The quantitative estimate of drug-likeness (QED) is 0.518. The molecule has 0 heterocycles. The summed E-state index contributed by atoms with van der Waals surface area (Å²) in [6.07, 6.45) is 7.24. The number of hydrogen-bond donors (Lipinski definition) is 1. The summed E-state index contributed by atoms with van der Waals surface area (Å²) in [6.45, 7) is 6.98. The number of rotatable bonds is 8. The summed E-state index contributed by atoms with van der Waals surface area (Å²) in [5, 5.41) is 3.23. The molecule has 1 saturated carbocycles. The predicted molar refractivity (Wildman–Crippen MR) is 123 cm³/mol. The lowest BCUT2D eigenvalue weighted by Gasteiger charge is -2.36. The average molecular weight is 410 g/mol. The van der Waals surface area contributed by atoms with E-state index in [4.69, 9.17) is 9.47 Å². The van der Waals surface area contributed by atoms with Crippen molar-refractivity contribution in [1.29, 1.82) is 0 Å². The topological polar surface area (TPSA) is 47.6 Å². The summed E-state index contributed by atoms with van der Waals surface area (Å²) in [5.74, 6) is 1.84. The fourth-order valence-corrected chi connectivity index (χ4v) is 4.53. The highest BCUT2D eigenvalue weighted by molar-refractivity contribution is 5.99. The van der Waals surface area contributed by atoms with E-state index in [1.165, 1.54) is 6.42 Å². The number of hydrogen-bond acceptors (Lipinski definition) is 3. The first-order valence-corrected chi connectivity index (χ1v) is 11.2. The Morgan fingerprint density at radius 2 is 1.67 bits per heavy atom. The van der Waals surface area contributed by atoms with E-state index in [-0.39, 0.29) is 5.91 Å². The standard InChI is InChI=1S/C26H35NO3/c1-5-6-16-30-24-19(2)17-22(18-20(24)3)27-25(28)26(14-8-7-9-15-26)21-10-12-23(29-4)13-11-21/h10-13,17-18H,5-9,14-16H2,1-4H3,(H,27,28). The summed E-state index contributed by atoms with van der Waals surface area (Å²) in [7, 11) is 1.67. The molecule has 0 aliphatic heterocycles. The van der Waals surface area contributed by atoms with Crippen molar-refractivity contribution in [1.82, 2.24) is 0 Å². The van der Waals surface area contributed by atoms with Crippen LogP contribution < -0.4 is 14.8 Å². The van der Waals surface area contributed by atoms with Crippen molar-refractivity contribution < 1.29 is 14.3 Å². The van der Waals surface area contributed by atoms with Gasteiger partial charge in [0.15, 0.2) is 0 Å². The number of benzene rings is 2. The van der Waals surface area contributed by atoms with Crippen LogP contribution in [0, 0.1) is 13.8 Å². The Bertz CT molecular complexity index is 828. The van der Waals surface area contributed by atoms with Gasteiger partial charge in [-0.3, -0.25) is 4.79 Å². The molecular weight excluding hydrogens is 374 g/mol. The maximum Gasteiger partial charge on any atom is 0.235 e. The number of carbonyl (C=O) groups is 1. The molecule has 0 spiro atoms. The van der Waals surface area contributed by atoms with E-state index in [0.717, 1.165) is 79.0 Å². The van der Waals surface area contributed by atoms with Gasteiger partial charge in [-0.2, -0.15) is 0 Å². The van der Waals surface area contributed by atoms with E-state index >= 15 is 0 Å². The molecule has 0 bridgehead atoms. The van der Waals surface area contributed by atoms with Gasteiger partial charge in [-0.25, -0.2) is 0 Å². The van der Waals surface area contributed by atoms with Crippen LogP contribution in [0.2, 0.25) is 0 Å². The first kappa shape index (κ1) is 22.2. The fourth-order valence-electron chi connectivity index (χ4n) is 4.53. The van der Waals surface area contributed by atoms with Crippen LogP contribution in [0.3, 0.4) is 0 Å². The van der Waals surface area contributed by atoms with Crippen LogP contribution in [0.5, 0.6) is 11.5 Å². The maximum atomic E-state index is 13.6. The molecule has 0 saturated heterocycles. The molecule has 4 nitrogen and oxygen atoms in total. The molecule has 1 fully saturated rings. The minimum absolute atomic E-state index is 0.0887. The molecule has 162 valence electrons. The van der Waals surface area contributed by atoms with Crippen LogP contribution in [-0.4, -0.2) is 19.6 Å². The summed E-state index contributed by atoms with van der Waals surface area (Å²) >= 11 is 0. The molecule has 30 heavy (non-hydrogen) atoms. The molecule has 2 aromatic carbocycles. The van der Waals surface area contributed by atoms with Crippen molar-refractivity contribution in [2.45, 2.75) is 71.1 Å². The lowest BCUT2D eigenvalue weighted by Crippen LogP contribution is -2.42. The lowest BCUT2D eigenvalue weighted by atomic mass is 9.68. The smallest absolute Gasteiger partial charge is 0.235 e. The van der Waals surface area contributed by atoms with Crippen molar-refractivity contribution in [3.05, 3.63) is 53.1 Å². The Balaban J connectivity index is 1.84. The lowest BCUT2D eigenvalue weighted by molar-refractivity contribution is -0.122. The molecule has 0 radical (unpaired) electrons. The van der Waals surface area contributed by atoms with Crippen molar-refractivity contribution in [3.8, 4) is 11.5 Å². The highest BCUT2D eigenvalue weighted by Crippen LogP contribution is 2.41. The van der Waals surface area contributed by atoms with E-state index in [0.29, 0.717) is 0 Å². The summed E-state index contributed by atoms with van der Waals surface area (Å²) in [4.78, 5) is 13.6. The second kappa shape index (κ2) is 10.0. The zero-order chi connectivity index (χ0) is 21.6. The monoisotopic (exact) mass is 409 g/mol. The van der Waals surface area contributed by atoms with Gasteiger partial charge in [0.25, 0.3) is 0 Å². The molecule has 1 N–H and O–H groups in total. The van der Waals surface area contributed by atoms with E-state index in [9.17, 15) is 4.79 Å². The largest absolute Gasteiger partial charge is 0.497 e. The number of carbonyl (C=O) groups excluding carboxylic acids is 1. The van der Waals surface area contributed by atoms with Gasteiger partial charge in [0.2, 0.25) is 5.91 Å². The highest BCUT2D eigenvalue weighted by Gasteiger charge is 2.41. The number of amides is 1.